The maximum atomic E-state index is 5.14. The fourth-order valence-electron chi connectivity index (χ4n) is 7.44. The molecule has 9 aromatic rings. The van der Waals surface area contributed by atoms with Crippen LogP contribution >= 0.6 is 0 Å². The van der Waals surface area contributed by atoms with Crippen molar-refractivity contribution in [3.05, 3.63) is 121 Å². The van der Waals surface area contributed by atoms with Gasteiger partial charge in [0.2, 0.25) is 0 Å². The van der Waals surface area contributed by atoms with Gasteiger partial charge in [0.1, 0.15) is 11.6 Å². The van der Waals surface area contributed by atoms with Crippen LogP contribution in [0.5, 0.6) is 0 Å². The molecule has 4 heterocycles. The van der Waals surface area contributed by atoms with Crippen molar-refractivity contribution in [2.24, 2.45) is 28.2 Å². The van der Waals surface area contributed by atoms with Gasteiger partial charge in [0.25, 0.3) is 0 Å². The Bertz CT molecular complexity index is 2440. The van der Waals surface area contributed by atoms with Crippen LogP contribution in [0.15, 0.2) is 121 Å². The van der Waals surface area contributed by atoms with E-state index in [9.17, 15) is 0 Å². The molecular formula is C40H32N6. The highest BCUT2D eigenvalue weighted by Gasteiger charge is 2.25. The number of aromatic nitrogens is 6. The quantitative estimate of drug-likeness (QED) is 0.203. The molecule has 46 heavy (non-hydrogen) atoms. The number of rotatable bonds is 4. The van der Waals surface area contributed by atoms with E-state index in [4.69, 9.17) is 9.97 Å². The van der Waals surface area contributed by atoms with Crippen molar-refractivity contribution in [3.8, 4) is 45.3 Å². The third-order valence-corrected chi connectivity index (χ3v) is 9.67. The number of nitrogens with zero attached hydrogens (tertiary/aromatic N) is 6. The first-order valence-corrected chi connectivity index (χ1v) is 15.6. The zero-order valence-corrected chi connectivity index (χ0v) is 26.2. The van der Waals surface area contributed by atoms with Crippen molar-refractivity contribution in [1.29, 1.82) is 0 Å². The van der Waals surface area contributed by atoms with Crippen LogP contribution in [0.3, 0.4) is 0 Å². The molecule has 0 N–H and O–H groups in total. The number of para-hydroxylation sites is 6. The molecule has 0 saturated carbocycles. The Kier molecular flexibility index (Phi) is 5.66. The second-order valence-electron chi connectivity index (χ2n) is 12.1. The summed E-state index contributed by atoms with van der Waals surface area (Å²) in [7, 11) is 8.54. The number of benzene rings is 5. The largest absolute Gasteiger partial charge is 0.343 e. The molecule has 0 radical (unpaired) electrons. The number of fused-ring (bicyclic) bond motifs is 4. The number of imidazole rings is 2. The van der Waals surface area contributed by atoms with Gasteiger partial charge in [0, 0.05) is 50.0 Å². The molecule has 6 nitrogen and oxygen atoms in total. The minimum atomic E-state index is 0.967. The summed E-state index contributed by atoms with van der Waals surface area (Å²) in [6.45, 7) is 0. The van der Waals surface area contributed by atoms with Crippen molar-refractivity contribution in [3.63, 3.8) is 0 Å². The molecule has 5 aromatic carbocycles. The van der Waals surface area contributed by atoms with E-state index in [1.54, 1.807) is 0 Å². The van der Waals surface area contributed by atoms with Crippen molar-refractivity contribution in [1.82, 2.24) is 28.2 Å². The van der Waals surface area contributed by atoms with Crippen molar-refractivity contribution < 1.29 is 0 Å². The summed E-state index contributed by atoms with van der Waals surface area (Å²) in [5, 5.41) is 2.39. The zero-order valence-electron chi connectivity index (χ0n) is 26.2. The molecule has 0 amide bonds. The van der Waals surface area contributed by atoms with E-state index in [2.05, 4.69) is 168 Å². The lowest BCUT2D eigenvalue weighted by atomic mass is 10.00. The van der Waals surface area contributed by atoms with Gasteiger partial charge in [-0.3, -0.25) is 0 Å². The van der Waals surface area contributed by atoms with Crippen LogP contribution in [0.1, 0.15) is 0 Å². The highest BCUT2D eigenvalue weighted by Crippen LogP contribution is 2.43. The van der Waals surface area contributed by atoms with Gasteiger partial charge >= 0.3 is 0 Å². The third-order valence-electron chi connectivity index (χ3n) is 9.67. The maximum absolute atomic E-state index is 5.14. The first-order valence-electron chi connectivity index (χ1n) is 15.6. The molecule has 0 aliphatic carbocycles. The molecule has 0 aliphatic rings. The molecule has 0 saturated heterocycles. The summed E-state index contributed by atoms with van der Waals surface area (Å²) >= 11 is 0. The Balaban J connectivity index is 1.26. The summed E-state index contributed by atoms with van der Waals surface area (Å²) in [6, 6.07) is 43.0. The SMILES string of the molecule is Cn1c(-c2c(-c3ccc(-c4c(-c5nc6ccccc6n5C)c5ccccc5n4C)cc3)n(C)c3ccccc23)nc2ccccc21. The van der Waals surface area contributed by atoms with E-state index >= 15 is 0 Å². The molecule has 0 aliphatic heterocycles. The average molecular weight is 597 g/mol. The summed E-state index contributed by atoms with van der Waals surface area (Å²) < 4.78 is 9.04. The smallest absolute Gasteiger partial charge is 0.143 e. The summed E-state index contributed by atoms with van der Waals surface area (Å²) in [5.74, 6) is 1.93. The van der Waals surface area contributed by atoms with Crippen LogP contribution in [0.25, 0.3) is 89.2 Å². The van der Waals surface area contributed by atoms with Gasteiger partial charge in [0.15, 0.2) is 0 Å². The van der Waals surface area contributed by atoms with E-state index in [0.29, 0.717) is 0 Å². The molecule has 9 rings (SSSR count). The molecule has 0 unspecified atom stereocenters. The minimum absolute atomic E-state index is 0.967. The van der Waals surface area contributed by atoms with Gasteiger partial charge in [-0.1, -0.05) is 84.9 Å². The minimum Gasteiger partial charge on any atom is -0.343 e. The summed E-state index contributed by atoms with van der Waals surface area (Å²) in [5.41, 5.74) is 13.5. The molecule has 0 spiro atoms. The van der Waals surface area contributed by atoms with E-state index < -0.39 is 0 Å². The molecular weight excluding hydrogens is 564 g/mol. The number of hydrogen-bond donors (Lipinski definition) is 0. The highest BCUT2D eigenvalue weighted by molar-refractivity contribution is 6.06. The van der Waals surface area contributed by atoms with Gasteiger partial charge < -0.3 is 18.3 Å². The van der Waals surface area contributed by atoms with Crippen LogP contribution in [0.4, 0.5) is 0 Å². The number of hydrogen-bond acceptors (Lipinski definition) is 2. The second kappa shape index (κ2) is 9.81. The Morgan fingerprint density at radius 2 is 0.717 bits per heavy atom. The van der Waals surface area contributed by atoms with Gasteiger partial charge in [-0.25, -0.2) is 9.97 Å². The van der Waals surface area contributed by atoms with E-state index in [1.165, 1.54) is 21.8 Å². The summed E-state index contributed by atoms with van der Waals surface area (Å²) in [6.07, 6.45) is 0. The average Bonchev–Trinajstić information content (AvgIpc) is 3.79. The van der Waals surface area contributed by atoms with E-state index in [-0.39, 0.29) is 0 Å². The van der Waals surface area contributed by atoms with Crippen molar-refractivity contribution >= 4 is 43.9 Å². The Hall–Kier alpha value is -5.88. The van der Waals surface area contributed by atoms with Crippen molar-refractivity contribution in [2.75, 3.05) is 0 Å². The first-order chi connectivity index (χ1) is 22.5. The fraction of sp³-hybridized carbons (Fsp3) is 0.100. The predicted molar refractivity (Wildman–Crippen MR) is 190 cm³/mol. The Morgan fingerprint density at radius 1 is 0.370 bits per heavy atom. The predicted octanol–water partition coefficient (Wildman–Crippen LogP) is 9.11. The van der Waals surface area contributed by atoms with Gasteiger partial charge in [-0.05, 0) is 47.5 Å². The molecule has 222 valence electrons. The highest BCUT2D eigenvalue weighted by atomic mass is 15.1. The maximum Gasteiger partial charge on any atom is 0.143 e. The van der Waals surface area contributed by atoms with Gasteiger partial charge in [-0.15, -0.1) is 0 Å². The molecule has 0 bridgehead atoms. The van der Waals surface area contributed by atoms with E-state index in [0.717, 1.165) is 67.4 Å². The lowest BCUT2D eigenvalue weighted by Crippen LogP contribution is -1.98. The van der Waals surface area contributed by atoms with Crippen LogP contribution in [-0.2, 0) is 28.2 Å². The fourth-order valence-corrected chi connectivity index (χ4v) is 7.44. The number of aryl methyl sites for hydroxylation is 4. The second-order valence-corrected chi connectivity index (χ2v) is 12.1. The topological polar surface area (TPSA) is 45.5 Å². The van der Waals surface area contributed by atoms with Crippen LogP contribution in [0, 0.1) is 0 Å². The van der Waals surface area contributed by atoms with Crippen LogP contribution in [-0.4, -0.2) is 28.2 Å². The summed E-state index contributed by atoms with van der Waals surface area (Å²) in [4.78, 5) is 10.3. The standard InChI is InChI=1S/C40H32N6/c1-43-31-17-9-5-13-27(31)35(39-41-29-15-7-11-19-33(29)45(39)3)37(43)25-21-23-26(24-22-25)38-36(28-14-6-10-18-32(28)44(38)2)40-42-30-16-8-12-20-34(30)46(40)4/h5-24H,1-4H3. The zero-order chi connectivity index (χ0) is 31.1. The lowest BCUT2D eigenvalue weighted by Gasteiger charge is -2.12. The molecule has 6 heteroatoms. The van der Waals surface area contributed by atoms with Gasteiger partial charge in [-0.2, -0.15) is 0 Å². The van der Waals surface area contributed by atoms with Gasteiger partial charge in [0.05, 0.1) is 44.6 Å². The first kappa shape index (κ1) is 26.5. The molecule has 0 fully saturated rings. The lowest BCUT2D eigenvalue weighted by molar-refractivity contribution is 0.949. The van der Waals surface area contributed by atoms with E-state index in [1.807, 2.05) is 0 Å². The Morgan fingerprint density at radius 3 is 1.11 bits per heavy atom. The molecule has 0 atom stereocenters. The Labute approximate surface area is 266 Å². The van der Waals surface area contributed by atoms with Crippen molar-refractivity contribution in [2.45, 2.75) is 0 Å². The van der Waals surface area contributed by atoms with Crippen LogP contribution in [0.2, 0.25) is 0 Å². The third kappa shape index (κ3) is 3.64. The molecule has 4 aromatic heterocycles. The monoisotopic (exact) mass is 596 g/mol. The van der Waals surface area contributed by atoms with Crippen LogP contribution < -0.4 is 0 Å². The normalized spacial score (nSPS) is 11.9.